The normalized spacial score (nSPS) is 19.6. The Hall–Kier alpha value is -1.95. The Morgan fingerprint density at radius 1 is 1.17 bits per heavy atom. The zero-order chi connectivity index (χ0) is 16.4. The second kappa shape index (κ2) is 6.89. The molecule has 0 saturated carbocycles. The molecule has 4 heterocycles. The number of piperidine rings is 2. The molecule has 0 aliphatic carbocycles. The highest BCUT2D eigenvalue weighted by molar-refractivity contribution is 5.61. The Balaban J connectivity index is 1.72. The first-order valence-corrected chi connectivity index (χ1v) is 9.07. The van der Waals surface area contributed by atoms with Gasteiger partial charge in [-0.05, 0) is 52.1 Å². The molecule has 6 heteroatoms. The lowest BCUT2D eigenvalue weighted by Gasteiger charge is -2.29. The summed E-state index contributed by atoms with van der Waals surface area (Å²) in [7, 11) is 0. The number of hydrogen-bond donors (Lipinski definition) is 1. The van der Waals surface area contributed by atoms with Gasteiger partial charge < -0.3 is 14.7 Å². The molecular weight excluding hydrogens is 302 g/mol. The quantitative estimate of drug-likeness (QED) is 0.935. The van der Waals surface area contributed by atoms with Crippen molar-refractivity contribution < 1.29 is 4.52 Å². The van der Waals surface area contributed by atoms with Crippen LogP contribution in [0.2, 0.25) is 0 Å². The van der Waals surface area contributed by atoms with Gasteiger partial charge in [0, 0.05) is 31.3 Å². The molecule has 0 atom stereocenters. The Kier molecular flexibility index (Phi) is 4.47. The summed E-state index contributed by atoms with van der Waals surface area (Å²) >= 11 is 0. The summed E-state index contributed by atoms with van der Waals surface area (Å²) in [5, 5.41) is 7.47. The van der Waals surface area contributed by atoms with Crippen LogP contribution in [0.3, 0.4) is 0 Å². The lowest BCUT2D eigenvalue weighted by atomic mass is 9.91. The standard InChI is InChI=1S/C18H25N5O/c1-13-11-16(24-22-13)15-12-20-18(23-9-3-2-4-10-23)21-17(15)14-5-7-19-8-6-14/h11-12,14,19H,2-10H2,1H3. The number of aryl methyl sites for hydroxylation is 1. The molecule has 24 heavy (non-hydrogen) atoms. The molecule has 0 spiro atoms. The highest BCUT2D eigenvalue weighted by atomic mass is 16.5. The van der Waals surface area contributed by atoms with Crippen molar-refractivity contribution in [2.24, 2.45) is 0 Å². The van der Waals surface area contributed by atoms with Gasteiger partial charge in [-0.1, -0.05) is 5.16 Å². The number of nitrogens with zero attached hydrogens (tertiary/aromatic N) is 4. The van der Waals surface area contributed by atoms with Gasteiger partial charge in [-0.25, -0.2) is 9.97 Å². The number of hydrogen-bond acceptors (Lipinski definition) is 6. The van der Waals surface area contributed by atoms with Gasteiger partial charge in [0.05, 0.1) is 17.0 Å². The van der Waals surface area contributed by atoms with Crippen molar-refractivity contribution in [2.75, 3.05) is 31.1 Å². The fourth-order valence-electron chi connectivity index (χ4n) is 3.72. The van der Waals surface area contributed by atoms with Crippen LogP contribution < -0.4 is 10.2 Å². The van der Waals surface area contributed by atoms with Crippen molar-refractivity contribution in [1.82, 2.24) is 20.4 Å². The fraction of sp³-hybridized carbons (Fsp3) is 0.611. The van der Waals surface area contributed by atoms with Gasteiger partial charge in [-0.3, -0.25) is 0 Å². The molecule has 0 unspecified atom stereocenters. The lowest BCUT2D eigenvalue weighted by molar-refractivity contribution is 0.422. The van der Waals surface area contributed by atoms with Crippen molar-refractivity contribution in [3.05, 3.63) is 23.7 Å². The van der Waals surface area contributed by atoms with Crippen LogP contribution in [-0.2, 0) is 0 Å². The van der Waals surface area contributed by atoms with E-state index in [0.29, 0.717) is 5.92 Å². The number of anilines is 1. The number of aromatic nitrogens is 3. The van der Waals surface area contributed by atoms with E-state index in [9.17, 15) is 0 Å². The molecule has 0 bridgehead atoms. The predicted molar refractivity (Wildman–Crippen MR) is 93.2 cm³/mol. The molecule has 0 radical (unpaired) electrons. The van der Waals surface area contributed by atoms with E-state index in [-0.39, 0.29) is 0 Å². The first kappa shape index (κ1) is 15.6. The maximum absolute atomic E-state index is 5.51. The number of rotatable bonds is 3. The Morgan fingerprint density at radius 3 is 2.67 bits per heavy atom. The Bertz CT molecular complexity index is 686. The molecule has 4 rings (SSSR count). The summed E-state index contributed by atoms with van der Waals surface area (Å²) in [6.07, 6.45) is 7.93. The topological polar surface area (TPSA) is 67.1 Å². The predicted octanol–water partition coefficient (Wildman–Crippen LogP) is 2.90. The summed E-state index contributed by atoms with van der Waals surface area (Å²) in [6, 6.07) is 1.98. The third kappa shape index (κ3) is 3.15. The minimum atomic E-state index is 0.457. The molecule has 2 aromatic heterocycles. The summed E-state index contributed by atoms with van der Waals surface area (Å²) in [4.78, 5) is 12.0. The highest BCUT2D eigenvalue weighted by Gasteiger charge is 2.25. The van der Waals surface area contributed by atoms with E-state index in [4.69, 9.17) is 9.51 Å². The Morgan fingerprint density at radius 2 is 1.96 bits per heavy atom. The van der Waals surface area contributed by atoms with E-state index in [1.807, 2.05) is 19.2 Å². The Labute approximate surface area is 142 Å². The van der Waals surface area contributed by atoms with Crippen molar-refractivity contribution in [1.29, 1.82) is 0 Å². The fourth-order valence-corrected chi connectivity index (χ4v) is 3.72. The van der Waals surface area contributed by atoms with Gasteiger partial charge in [-0.2, -0.15) is 0 Å². The van der Waals surface area contributed by atoms with E-state index in [1.165, 1.54) is 19.3 Å². The molecule has 2 aromatic rings. The van der Waals surface area contributed by atoms with E-state index >= 15 is 0 Å². The summed E-state index contributed by atoms with van der Waals surface area (Å²) in [5.41, 5.74) is 3.02. The van der Waals surface area contributed by atoms with E-state index < -0.39 is 0 Å². The maximum atomic E-state index is 5.51. The SMILES string of the molecule is Cc1cc(-c2cnc(N3CCCCC3)nc2C2CCNCC2)on1. The molecule has 2 aliphatic heterocycles. The third-order valence-corrected chi connectivity index (χ3v) is 5.06. The highest BCUT2D eigenvalue weighted by Crippen LogP contribution is 2.34. The smallest absolute Gasteiger partial charge is 0.225 e. The summed E-state index contributed by atoms with van der Waals surface area (Å²) in [5.74, 6) is 2.12. The van der Waals surface area contributed by atoms with Crippen LogP contribution in [-0.4, -0.2) is 41.3 Å². The molecule has 1 N–H and O–H groups in total. The van der Waals surface area contributed by atoms with Crippen molar-refractivity contribution in [2.45, 2.75) is 44.9 Å². The molecule has 2 saturated heterocycles. The van der Waals surface area contributed by atoms with Gasteiger partial charge in [0.1, 0.15) is 0 Å². The maximum Gasteiger partial charge on any atom is 0.225 e. The molecule has 0 aromatic carbocycles. The van der Waals surface area contributed by atoms with Crippen molar-refractivity contribution in [3.63, 3.8) is 0 Å². The van der Waals surface area contributed by atoms with Gasteiger partial charge >= 0.3 is 0 Å². The minimum absolute atomic E-state index is 0.457. The molecule has 2 fully saturated rings. The van der Waals surface area contributed by atoms with Gasteiger partial charge in [-0.15, -0.1) is 0 Å². The zero-order valence-electron chi connectivity index (χ0n) is 14.3. The van der Waals surface area contributed by atoms with Crippen LogP contribution in [0.5, 0.6) is 0 Å². The van der Waals surface area contributed by atoms with Crippen molar-refractivity contribution >= 4 is 5.95 Å². The van der Waals surface area contributed by atoms with Gasteiger partial charge in [0.15, 0.2) is 5.76 Å². The monoisotopic (exact) mass is 327 g/mol. The van der Waals surface area contributed by atoms with E-state index in [0.717, 1.165) is 67.7 Å². The average Bonchev–Trinajstić information content (AvgIpc) is 3.09. The van der Waals surface area contributed by atoms with Crippen LogP contribution in [0.1, 0.15) is 49.4 Å². The number of nitrogens with one attached hydrogen (secondary N) is 1. The molecule has 128 valence electrons. The van der Waals surface area contributed by atoms with Crippen LogP contribution >= 0.6 is 0 Å². The van der Waals surface area contributed by atoms with E-state index in [2.05, 4.69) is 20.4 Å². The molecule has 0 amide bonds. The van der Waals surface area contributed by atoms with Gasteiger partial charge in [0.25, 0.3) is 0 Å². The second-order valence-electron chi connectivity index (χ2n) is 6.87. The summed E-state index contributed by atoms with van der Waals surface area (Å²) < 4.78 is 5.51. The largest absolute Gasteiger partial charge is 0.356 e. The molecule has 6 nitrogen and oxygen atoms in total. The molecule has 2 aliphatic rings. The first-order chi connectivity index (χ1) is 11.8. The minimum Gasteiger partial charge on any atom is -0.356 e. The third-order valence-electron chi connectivity index (χ3n) is 5.06. The zero-order valence-corrected chi connectivity index (χ0v) is 14.3. The van der Waals surface area contributed by atoms with Gasteiger partial charge in [0.2, 0.25) is 5.95 Å². The van der Waals surface area contributed by atoms with Crippen molar-refractivity contribution in [3.8, 4) is 11.3 Å². The van der Waals surface area contributed by atoms with Crippen LogP contribution in [0, 0.1) is 6.92 Å². The van der Waals surface area contributed by atoms with Crippen LogP contribution in [0.25, 0.3) is 11.3 Å². The lowest BCUT2D eigenvalue weighted by Crippen LogP contribution is -2.32. The second-order valence-corrected chi connectivity index (χ2v) is 6.87. The van der Waals surface area contributed by atoms with Crippen LogP contribution in [0.4, 0.5) is 5.95 Å². The van der Waals surface area contributed by atoms with E-state index in [1.54, 1.807) is 0 Å². The first-order valence-electron chi connectivity index (χ1n) is 9.07. The average molecular weight is 327 g/mol. The summed E-state index contributed by atoms with van der Waals surface area (Å²) in [6.45, 7) is 6.16. The van der Waals surface area contributed by atoms with Crippen LogP contribution in [0.15, 0.2) is 16.8 Å². The molecular formula is C18H25N5O.